The van der Waals surface area contributed by atoms with Crippen LogP contribution in [-0.4, -0.2) is 30.6 Å². The van der Waals surface area contributed by atoms with E-state index >= 15 is 0 Å². The summed E-state index contributed by atoms with van der Waals surface area (Å²) in [5.74, 6) is 1.01. The van der Waals surface area contributed by atoms with Crippen molar-refractivity contribution in [1.82, 2.24) is 10.3 Å². The van der Waals surface area contributed by atoms with Gasteiger partial charge in [-0.2, -0.15) is 5.26 Å². The van der Waals surface area contributed by atoms with E-state index in [2.05, 4.69) is 33.8 Å². The number of anilines is 1. The van der Waals surface area contributed by atoms with Gasteiger partial charge in [0.15, 0.2) is 6.61 Å². The fourth-order valence-corrected chi connectivity index (χ4v) is 2.82. The van der Waals surface area contributed by atoms with Crippen LogP contribution in [0.25, 0.3) is 0 Å². The zero-order chi connectivity index (χ0) is 20.3. The number of carbonyl (C=O) groups excluding carboxylic acids is 1. The van der Waals surface area contributed by atoms with Crippen LogP contribution in [-0.2, 0) is 11.2 Å². The molecule has 0 fully saturated rings. The lowest BCUT2D eigenvalue weighted by Crippen LogP contribution is -2.33. The van der Waals surface area contributed by atoms with E-state index in [1.54, 1.807) is 18.3 Å². The number of para-hydroxylation sites is 1. The highest BCUT2D eigenvalue weighted by molar-refractivity contribution is 5.77. The van der Waals surface area contributed by atoms with Gasteiger partial charge in [0, 0.05) is 25.7 Å². The lowest BCUT2D eigenvalue weighted by molar-refractivity contribution is -0.123. The molecule has 3 aromatic rings. The monoisotopic (exact) mass is 386 g/mol. The first-order valence-electron chi connectivity index (χ1n) is 9.36. The van der Waals surface area contributed by atoms with Gasteiger partial charge in [0.1, 0.15) is 17.6 Å². The third kappa shape index (κ3) is 6.08. The Morgan fingerprint density at radius 3 is 2.62 bits per heavy atom. The normalized spacial score (nSPS) is 10.0. The molecular formula is C23H22N4O2. The smallest absolute Gasteiger partial charge is 0.258 e. The molecule has 0 bridgehead atoms. The molecule has 0 aliphatic heterocycles. The molecule has 0 atom stereocenters. The fourth-order valence-electron chi connectivity index (χ4n) is 2.82. The molecule has 1 amide bonds. The maximum Gasteiger partial charge on any atom is 0.258 e. The number of aromatic nitrogens is 1. The molecule has 6 heteroatoms. The van der Waals surface area contributed by atoms with Crippen molar-refractivity contribution in [3.63, 3.8) is 0 Å². The van der Waals surface area contributed by atoms with E-state index in [1.807, 2.05) is 42.5 Å². The first-order valence-corrected chi connectivity index (χ1v) is 9.36. The molecule has 1 heterocycles. The Kier molecular flexibility index (Phi) is 7.19. The SMILES string of the molecule is N#Cc1cccnc1NCCNC(=O)COc1ccccc1Cc1ccccc1. The minimum absolute atomic E-state index is 0.0567. The number of pyridine rings is 1. The fraction of sp³-hybridized carbons (Fsp3) is 0.174. The van der Waals surface area contributed by atoms with Crippen LogP contribution < -0.4 is 15.4 Å². The average molecular weight is 386 g/mol. The Balaban J connectivity index is 1.44. The van der Waals surface area contributed by atoms with Crippen LogP contribution >= 0.6 is 0 Å². The second-order valence-corrected chi connectivity index (χ2v) is 6.35. The second kappa shape index (κ2) is 10.5. The van der Waals surface area contributed by atoms with Crippen molar-refractivity contribution in [1.29, 1.82) is 5.26 Å². The summed E-state index contributed by atoms with van der Waals surface area (Å²) < 4.78 is 5.74. The van der Waals surface area contributed by atoms with Crippen molar-refractivity contribution in [2.45, 2.75) is 6.42 Å². The van der Waals surface area contributed by atoms with Gasteiger partial charge in [0.25, 0.3) is 5.91 Å². The molecule has 29 heavy (non-hydrogen) atoms. The van der Waals surface area contributed by atoms with Gasteiger partial charge in [-0.1, -0.05) is 48.5 Å². The number of hydrogen-bond acceptors (Lipinski definition) is 5. The van der Waals surface area contributed by atoms with E-state index in [0.717, 1.165) is 12.0 Å². The summed E-state index contributed by atoms with van der Waals surface area (Å²) in [5, 5.41) is 14.9. The van der Waals surface area contributed by atoms with Crippen LogP contribution in [0.5, 0.6) is 5.75 Å². The highest BCUT2D eigenvalue weighted by Gasteiger charge is 2.07. The van der Waals surface area contributed by atoms with Crippen LogP contribution in [0.2, 0.25) is 0 Å². The van der Waals surface area contributed by atoms with Crippen molar-refractivity contribution in [3.05, 3.63) is 89.6 Å². The van der Waals surface area contributed by atoms with Gasteiger partial charge in [-0.3, -0.25) is 4.79 Å². The van der Waals surface area contributed by atoms with E-state index in [4.69, 9.17) is 10.00 Å². The van der Waals surface area contributed by atoms with Crippen molar-refractivity contribution in [2.75, 3.05) is 25.0 Å². The van der Waals surface area contributed by atoms with E-state index in [1.165, 1.54) is 5.56 Å². The topological polar surface area (TPSA) is 87.0 Å². The standard InChI is InChI=1S/C23H22N4O2/c24-16-20-10-6-12-26-23(20)27-14-13-25-22(28)17-29-21-11-5-4-9-19(21)15-18-7-2-1-3-8-18/h1-12H,13-15,17H2,(H,25,28)(H,26,27). The highest BCUT2D eigenvalue weighted by atomic mass is 16.5. The second-order valence-electron chi connectivity index (χ2n) is 6.35. The minimum Gasteiger partial charge on any atom is -0.483 e. The van der Waals surface area contributed by atoms with Crippen molar-refractivity contribution in [2.24, 2.45) is 0 Å². The Hall–Kier alpha value is -3.85. The number of carbonyl (C=O) groups is 1. The van der Waals surface area contributed by atoms with Crippen LogP contribution in [0, 0.1) is 11.3 Å². The summed E-state index contributed by atoms with van der Waals surface area (Å²) in [6.07, 6.45) is 2.36. The zero-order valence-electron chi connectivity index (χ0n) is 16.0. The van der Waals surface area contributed by atoms with Crippen molar-refractivity contribution in [3.8, 4) is 11.8 Å². The van der Waals surface area contributed by atoms with Crippen LogP contribution in [0.1, 0.15) is 16.7 Å². The van der Waals surface area contributed by atoms with Crippen molar-refractivity contribution < 1.29 is 9.53 Å². The number of rotatable bonds is 9. The molecule has 0 saturated carbocycles. The van der Waals surface area contributed by atoms with Gasteiger partial charge in [-0.25, -0.2) is 4.98 Å². The third-order valence-electron chi connectivity index (χ3n) is 4.24. The highest BCUT2D eigenvalue weighted by Crippen LogP contribution is 2.21. The molecule has 0 aliphatic carbocycles. The van der Waals surface area contributed by atoms with E-state index in [9.17, 15) is 4.79 Å². The predicted molar refractivity (Wildman–Crippen MR) is 112 cm³/mol. The van der Waals surface area contributed by atoms with Crippen LogP contribution in [0.4, 0.5) is 5.82 Å². The van der Waals surface area contributed by atoms with Gasteiger partial charge < -0.3 is 15.4 Å². The molecule has 2 N–H and O–H groups in total. The molecule has 0 saturated heterocycles. The summed E-state index contributed by atoms with van der Waals surface area (Å²) in [6.45, 7) is 0.802. The number of amides is 1. The van der Waals surface area contributed by atoms with Gasteiger partial charge in [-0.05, 0) is 29.3 Å². The van der Waals surface area contributed by atoms with E-state index in [0.29, 0.717) is 30.2 Å². The summed E-state index contributed by atoms with van der Waals surface area (Å²) in [5.41, 5.74) is 2.69. The zero-order valence-corrected chi connectivity index (χ0v) is 16.0. The first-order chi connectivity index (χ1) is 14.3. The Morgan fingerprint density at radius 1 is 1.00 bits per heavy atom. The molecule has 2 aromatic carbocycles. The van der Waals surface area contributed by atoms with Gasteiger partial charge in [0.2, 0.25) is 0 Å². The van der Waals surface area contributed by atoms with E-state index < -0.39 is 0 Å². The molecular weight excluding hydrogens is 364 g/mol. The van der Waals surface area contributed by atoms with Crippen molar-refractivity contribution >= 4 is 11.7 Å². The number of nitrogens with one attached hydrogen (secondary N) is 2. The lowest BCUT2D eigenvalue weighted by atomic mass is 10.0. The van der Waals surface area contributed by atoms with Gasteiger partial charge >= 0.3 is 0 Å². The van der Waals surface area contributed by atoms with Gasteiger partial charge in [-0.15, -0.1) is 0 Å². The summed E-state index contributed by atoms with van der Waals surface area (Å²) >= 11 is 0. The third-order valence-corrected chi connectivity index (χ3v) is 4.24. The molecule has 0 unspecified atom stereocenters. The van der Waals surface area contributed by atoms with Crippen LogP contribution in [0.3, 0.4) is 0 Å². The number of nitriles is 1. The Morgan fingerprint density at radius 2 is 1.79 bits per heavy atom. The predicted octanol–water partition coefficient (Wildman–Crippen LogP) is 3.15. The molecule has 3 rings (SSSR count). The quantitative estimate of drug-likeness (QED) is 0.552. The summed E-state index contributed by atoms with van der Waals surface area (Å²) in [6, 6.07) is 23.3. The summed E-state index contributed by atoms with van der Waals surface area (Å²) in [4.78, 5) is 16.2. The Bertz CT molecular complexity index is 983. The Labute approximate surface area is 170 Å². The average Bonchev–Trinajstić information content (AvgIpc) is 2.77. The molecule has 0 aliphatic rings. The largest absolute Gasteiger partial charge is 0.483 e. The number of hydrogen-bond donors (Lipinski definition) is 2. The number of benzene rings is 2. The maximum absolute atomic E-state index is 12.1. The summed E-state index contributed by atoms with van der Waals surface area (Å²) in [7, 11) is 0. The first kappa shape index (κ1) is 19.9. The molecule has 0 radical (unpaired) electrons. The molecule has 0 spiro atoms. The molecule has 1 aromatic heterocycles. The number of nitrogens with zero attached hydrogens (tertiary/aromatic N) is 2. The van der Waals surface area contributed by atoms with Crippen LogP contribution in [0.15, 0.2) is 72.9 Å². The maximum atomic E-state index is 12.1. The minimum atomic E-state index is -0.206. The van der Waals surface area contributed by atoms with E-state index in [-0.39, 0.29) is 12.5 Å². The molecule has 146 valence electrons. The number of ether oxygens (including phenoxy) is 1. The molecule has 6 nitrogen and oxygen atoms in total. The van der Waals surface area contributed by atoms with Gasteiger partial charge in [0.05, 0.1) is 5.56 Å². The lowest BCUT2D eigenvalue weighted by Gasteiger charge is -2.12.